The lowest BCUT2D eigenvalue weighted by molar-refractivity contribution is -0.140. The average molecular weight is 654 g/mol. The number of alkyl halides is 3. The van der Waals surface area contributed by atoms with E-state index in [1.165, 1.54) is 43.2 Å². The van der Waals surface area contributed by atoms with E-state index in [1.54, 1.807) is 52.0 Å². The molecule has 13 heteroatoms. The lowest BCUT2D eigenvalue weighted by atomic mass is 10.1. The summed E-state index contributed by atoms with van der Waals surface area (Å²) in [6.45, 7) is 7.49. The molecule has 0 unspecified atom stereocenters. The predicted molar refractivity (Wildman–Crippen MR) is 163 cm³/mol. The Morgan fingerprint density at radius 2 is 1.64 bits per heavy atom. The van der Waals surface area contributed by atoms with Crippen LogP contribution in [-0.4, -0.2) is 50.4 Å². The van der Waals surface area contributed by atoms with E-state index in [1.807, 2.05) is 0 Å². The van der Waals surface area contributed by atoms with E-state index in [9.17, 15) is 31.2 Å². The normalized spacial score (nSPS) is 12.8. The quantitative estimate of drug-likeness (QED) is 0.281. The lowest BCUT2D eigenvalue weighted by Gasteiger charge is -2.33. The summed E-state index contributed by atoms with van der Waals surface area (Å²) in [6.07, 6.45) is -4.89. The van der Waals surface area contributed by atoms with E-state index in [2.05, 4.69) is 5.32 Å². The van der Waals surface area contributed by atoms with Crippen molar-refractivity contribution in [2.45, 2.75) is 63.8 Å². The number of methoxy groups -OCH3 is 1. The molecule has 0 aliphatic heterocycles. The molecular formula is C31H35ClF3N3O5S. The fourth-order valence-electron chi connectivity index (χ4n) is 4.28. The molecule has 3 aromatic carbocycles. The SMILES string of the molecule is COc1cccc(CN(C(=O)CN(c2ccc(Cl)c(C(F)(F)F)c2)S(=O)(=O)c2ccc(C)cc2)[C@H](C)C(=O)NC(C)(C)C)c1. The number of hydrogen-bond donors (Lipinski definition) is 1. The van der Waals surface area contributed by atoms with Crippen molar-refractivity contribution in [1.82, 2.24) is 10.2 Å². The summed E-state index contributed by atoms with van der Waals surface area (Å²) >= 11 is 5.82. The van der Waals surface area contributed by atoms with Crippen molar-refractivity contribution in [3.05, 3.63) is 88.4 Å². The molecule has 0 saturated heterocycles. The van der Waals surface area contributed by atoms with Crippen molar-refractivity contribution in [2.75, 3.05) is 18.0 Å². The minimum absolute atomic E-state index is 0.123. The van der Waals surface area contributed by atoms with Gasteiger partial charge in [0.1, 0.15) is 18.3 Å². The van der Waals surface area contributed by atoms with Crippen molar-refractivity contribution < 1.29 is 35.9 Å². The van der Waals surface area contributed by atoms with Crippen LogP contribution >= 0.6 is 11.6 Å². The van der Waals surface area contributed by atoms with Gasteiger partial charge in [0, 0.05) is 12.1 Å². The molecule has 3 rings (SSSR count). The van der Waals surface area contributed by atoms with Crippen LogP contribution in [0.25, 0.3) is 0 Å². The third kappa shape index (κ3) is 8.66. The lowest BCUT2D eigenvalue weighted by Crippen LogP contribution is -2.54. The van der Waals surface area contributed by atoms with E-state index in [0.717, 1.165) is 17.7 Å². The Bertz CT molecular complexity index is 1610. The summed E-state index contributed by atoms with van der Waals surface area (Å²) in [6, 6.07) is 13.9. The first-order valence-corrected chi connectivity index (χ1v) is 15.4. The largest absolute Gasteiger partial charge is 0.497 e. The van der Waals surface area contributed by atoms with Gasteiger partial charge in [0.05, 0.1) is 28.3 Å². The highest BCUT2D eigenvalue weighted by atomic mass is 35.5. The Kier molecular flexibility index (Phi) is 10.6. The fourth-order valence-corrected chi connectivity index (χ4v) is 5.91. The molecule has 0 fully saturated rings. The smallest absolute Gasteiger partial charge is 0.417 e. The van der Waals surface area contributed by atoms with E-state index in [0.29, 0.717) is 21.7 Å². The monoisotopic (exact) mass is 653 g/mol. The van der Waals surface area contributed by atoms with Crippen LogP contribution in [0, 0.1) is 6.92 Å². The van der Waals surface area contributed by atoms with Crippen molar-refractivity contribution in [2.24, 2.45) is 0 Å². The van der Waals surface area contributed by atoms with Gasteiger partial charge in [-0.05, 0) is 82.6 Å². The van der Waals surface area contributed by atoms with Crippen molar-refractivity contribution in [3.8, 4) is 5.75 Å². The predicted octanol–water partition coefficient (Wildman–Crippen LogP) is 6.20. The second-order valence-corrected chi connectivity index (χ2v) is 13.5. The molecule has 0 aliphatic carbocycles. The maximum Gasteiger partial charge on any atom is 0.417 e. The number of amides is 2. The summed E-state index contributed by atoms with van der Waals surface area (Å²) in [5.74, 6) is -0.845. The number of anilines is 1. The number of nitrogens with zero attached hydrogens (tertiary/aromatic N) is 2. The molecule has 0 saturated carbocycles. The Morgan fingerprint density at radius 1 is 1.00 bits per heavy atom. The van der Waals surface area contributed by atoms with Crippen molar-refractivity contribution >= 4 is 39.1 Å². The van der Waals surface area contributed by atoms with Crippen LogP contribution in [0.3, 0.4) is 0 Å². The molecule has 0 aliphatic rings. The topological polar surface area (TPSA) is 96.0 Å². The van der Waals surface area contributed by atoms with E-state index < -0.39 is 62.4 Å². The second-order valence-electron chi connectivity index (χ2n) is 11.3. The van der Waals surface area contributed by atoms with Crippen LogP contribution in [-0.2, 0) is 32.3 Å². The number of rotatable bonds is 10. The minimum Gasteiger partial charge on any atom is -0.497 e. The zero-order valence-corrected chi connectivity index (χ0v) is 26.8. The van der Waals surface area contributed by atoms with Gasteiger partial charge in [0.2, 0.25) is 11.8 Å². The summed E-state index contributed by atoms with van der Waals surface area (Å²) in [7, 11) is -3.11. The fraction of sp³-hybridized carbons (Fsp3) is 0.355. The Morgan fingerprint density at radius 3 is 2.20 bits per heavy atom. The maximum atomic E-state index is 14.0. The molecule has 44 heavy (non-hydrogen) atoms. The Balaban J connectivity index is 2.14. The molecule has 1 N–H and O–H groups in total. The van der Waals surface area contributed by atoms with Crippen LogP contribution in [0.4, 0.5) is 18.9 Å². The molecule has 0 heterocycles. The molecule has 3 aromatic rings. The minimum atomic E-state index is -4.89. The first-order chi connectivity index (χ1) is 20.3. The first kappa shape index (κ1) is 34.7. The summed E-state index contributed by atoms with van der Waals surface area (Å²) in [4.78, 5) is 28.2. The number of nitrogens with one attached hydrogen (secondary N) is 1. The average Bonchev–Trinajstić information content (AvgIpc) is 2.93. The maximum absolute atomic E-state index is 14.0. The van der Waals surface area contributed by atoms with Gasteiger partial charge in [-0.3, -0.25) is 13.9 Å². The van der Waals surface area contributed by atoms with Crippen molar-refractivity contribution in [3.63, 3.8) is 0 Å². The first-order valence-electron chi connectivity index (χ1n) is 13.5. The zero-order chi connectivity index (χ0) is 33.0. The van der Waals surface area contributed by atoms with Gasteiger partial charge < -0.3 is 15.0 Å². The zero-order valence-electron chi connectivity index (χ0n) is 25.2. The number of carbonyl (C=O) groups is 2. The summed E-state index contributed by atoms with van der Waals surface area (Å²) in [5, 5.41) is 2.18. The molecule has 1 atom stereocenters. The second kappa shape index (κ2) is 13.5. The molecule has 238 valence electrons. The molecule has 0 aromatic heterocycles. The molecular weight excluding hydrogens is 619 g/mol. The number of sulfonamides is 1. The number of halogens is 4. The van der Waals surface area contributed by atoms with Crippen LogP contribution in [0.5, 0.6) is 5.75 Å². The number of benzene rings is 3. The van der Waals surface area contributed by atoms with Gasteiger partial charge in [-0.15, -0.1) is 0 Å². The standard InChI is InChI=1S/C31H35ClF3N3O5S/c1-20-10-13-25(14-11-20)44(41,42)38(23-12-15-27(32)26(17-23)31(33,34)35)19-28(39)37(21(2)29(40)36-30(3,4)5)18-22-8-7-9-24(16-22)43-6/h7-17,21H,18-19H2,1-6H3,(H,36,40)/t21-/m1/s1. The van der Waals surface area contributed by atoms with Gasteiger partial charge in [-0.2, -0.15) is 13.2 Å². The molecule has 0 bridgehead atoms. The third-order valence-corrected chi connectivity index (χ3v) is 8.70. The Hall–Kier alpha value is -3.77. The van der Waals surface area contributed by atoms with E-state index in [-0.39, 0.29) is 11.4 Å². The van der Waals surface area contributed by atoms with Crippen LogP contribution in [0.2, 0.25) is 5.02 Å². The van der Waals surface area contributed by atoms with Crippen LogP contribution in [0.15, 0.2) is 71.6 Å². The highest BCUT2D eigenvalue weighted by molar-refractivity contribution is 7.92. The van der Waals surface area contributed by atoms with Gasteiger partial charge in [-0.1, -0.05) is 41.4 Å². The van der Waals surface area contributed by atoms with Gasteiger partial charge >= 0.3 is 6.18 Å². The van der Waals surface area contributed by atoms with Gasteiger partial charge in [0.25, 0.3) is 10.0 Å². The number of hydrogen-bond acceptors (Lipinski definition) is 5. The Labute approximate surface area is 260 Å². The third-order valence-electron chi connectivity index (χ3n) is 6.58. The van der Waals surface area contributed by atoms with Crippen molar-refractivity contribution in [1.29, 1.82) is 0 Å². The molecule has 8 nitrogen and oxygen atoms in total. The highest BCUT2D eigenvalue weighted by Crippen LogP contribution is 2.38. The number of aryl methyl sites for hydroxylation is 1. The highest BCUT2D eigenvalue weighted by Gasteiger charge is 2.37. The molecule has 0 radical (unpaired) electrons. The summed E-state index contributed by atoms with van der Waals surface area (Å²) < 4.78 is 75.1. The van der Waals surface area contributed by atoms with Crippen LogP contribution < -0.4 is 14.4 Å². The summed E-state index contributed by atoms with van der Waals surface area (Å²) in [5.41, 5.74) is -1.01. The molecule has 0 spiro atoms. The van der Waals surface area contributed by atoms with E-state index in [4.69, 9.17) is 16.3 Å². The number of ether oxygens (including phenoxy) is 1. The van der Waals surface area contributed by atoms with Gasteiger partial charge in [0.15, 0.2) is 0 Å². The number of carbonyl (C=O) groups excluding carboxylic acids is 2. The van der Waals surface area contributed by atoms with Crippen LogP contribution in [0.1, 0.15) is 44.4 Å². The van der Waals surface area contributed by atoms with Gasteiger partial charge in [-0.25, -0.2) is 8.42 Å². The van der Waals surface area contributed by atoms with E-state index >= 15 is 0 Å². The molecule has 2 amide bonds.